The first-order chi connectivity index (χ1) is 12.2. The molecule has 0 fully saturated rings. The highest BCUT2D eigenvalue weighted by Gasteiger charge is 2.06. The zero-order valence-electron chi connectivity index (χ0n) is 13.7. The topological polar surface area (TPSA) is 83.0 Å². The third-order valence-electron chi connectivity index (χ3n) is 3.38. The summed E-state index contributed by atoms with van der Waals surface area (Å²) in [4.78, 5) is 14.7. The van der Waals surface area contributed by atoms with Gasteiger partial charge in [0.15, 0.2) is 5.69 Å². The van der Waals surface area contributed by atoms with E-state index in [1.54, 1.807) is 6.21 Å². The van der Waals surface area contributed by atoms with Gasteiger partial charge in [-0.1, -0.05) is 66.7 Å². The highest BCUT2D eigenvalue weighted by Crippen LogP contribution is 2.10. The van der Waals surface area contributed by atoms with E-state index in [1.807, 2.05) is 73.7 Å². The van der Waals surface area contributed by atoms with Crippen molar-refractivity contribution in [3.8, 4) is 11.3 Å². The second-order valence-corrected chi connectivity index (χ2v) is 5.39. The van der Waals surface area contributed by atoms with E-state index in [9.17, 15) is 4.79 Å². The maximum absolute atomic E-state index is 12.1. The Morgan fingerprint density at radius 3 is 2.40 bits per heavy atom. The van der Waals surface area contributed by atoms with Gasteiger partial charge >= 0.3 is 0 Å². The highest BCUT2D eigenvalue weighted by atomic mass is 16.1. The first-order valence-electron chi connectivity index (χ1n) is 7.77. The van der Waals surface area contributed by atoms with Crippen molar-refractivity contribution in [2.75, 3.05) is 5.43 Å². The molecule has 124 valence electrons. The second kappa shape index (κ2) is 7.83. The summed E-state index contributed by atoms with van der Waals surface area (Å²) in [5.41, 5.74) is 5.39. The Kier molecular flexibility index (Phi) is 5.11. The molecule has 2 N–H and O–H groups in total. The first-order valence-corrected chi connectivity index (χ1v) is 7.77. The number of rotatable bonds is 5. The standard InChI is InChI=1S/C19H17N5O/c1-14(12-15-8-4-2-5-9-15)13-20-23-19-21-18(25)17(22-24-19)16-10-6-3-7-11-16/h2-13H,1H3,(H2,21,23,24,25). The molecule has 6 heteroatoms. The Bertz CT molecular complexity index is 946. The second-order valence-electron chi connectivity index (χ2n) is 5.39. The van der Waals surface area contributed by atoms with Crippen molar-refractivity contribution in [3.05, 3.63) is 82.2 Å². The van der Waals surface area contributed by atoms with Crippen LogP contribution in [-0.4, -0.2) is 21.4 Å². The number of benzene rings is 2. The van der Waals surface area contributed by atoms with Crippen LogP contribution in [0.1, 0.15) is 12.5 Å². The van der Waals surface area contributed by atoms with Crippen molar-refractivity contribution in [1.29, 1.82) is 0 Å². The van der Waals surface area contributed by atoms with Gasteiger partial charge in [0, 0.05) is 5.56 Å². The summed E-state index contributed by atoms with van der Waals surface area (Å²) in [5, 5.41) is 12.0. The molecule has 0 aliphatic rings. The molecular weight excluding hydrogens is 314 g/mol. The molecular formula is C19H17N5O. The third kappa shape index (κ3) is 4.48. The predicted octanol–water partition coefficient (Wildman–Crippen LogP) is 3.33. The van der Waals surface area contributed by atoms with Crippen LogP contribution in [0, 0.1) is 0 Å². The molecule has 3 aromatic rings. The monoisotopic (exact) mass is 331 g/mol. The van der Waals surface area contributed by atoms with E-state index >= 15 is 0 Å². The van der Waals surface area contributed by atoms with Crippen molar-refractivity contribution < 1.29 is 0 Å². The quantitative estimate of drug-likeness (QED) is 0.555. The summed E-state index contributed by atoms with van der Waals surface area (Å²) in [6, 6.07) is 19.1. The maximum Gasteiger partial charge on any atom is 0.279 e. The Morgan fingerprint density at radius 1 is 1.04 bits per heavy atom. The summed E-state index contributed by atoms with van der Waals surface area (Å²) < 4.78 is 0. The van der Waals surface area contributed by atoms with Crippen LogP contribution in [0.5, 0.6) is 0 Å². The van der Waals surface area contributed by atoms with Crippen molar-refractivity contribution in [2.45, 2.75) is 6.92 Å². The first kappa shape index (κ1) is 16.3. The lowest BCUT2D eigenvalue weighted by Gasteiger charge is -2.01. The molecule has 0 bridgehead atoms. The van der Waals surface area contributed by atoms with Crippen molar-refractivity contribution in [2.24, 2.45) is 5.10 Å². The van der Waals surface area contributed by atoms with Crippen LogP contribution in [0.3, 0.4) is 0 Å². The van der Waals surface area contributed by atoms with Gasteiger partial charge in [-0.05, 0) is 18.1 Å². The van der Waals surface area contributed by atoms with E-state index in [0.29, 0.717) is 5.56 Å². The van der Waals surface area contributed by atoms with Crippen molar-refractivity contribution in [3.63, 3.8) is 0 Å². The van der Waals surface area contributed by atoms with Gasteiger partial charge < -0.3 is 0 Å². The van der Waals surface area contributed by atoms with Crippen LogP contribution in [0.4, 0.5) is 5.95 Å². The van der Waals surface area contributed by atoms with E-state index < -0.39 is 0 Å². The fraction of sp³-hybridized carbons (Fsp3) is 0.0526. The summed E-state index contributed by atoms with van der Waals surface area (Å²) in [7, 11) is 0. The third-order valence-corrected chi connectivity index (χ3v) is 3.38. The molecule has 0 atom stereocenters. The van der Waals surface area contributed by atoms with Crippen molar-refractivity contribution in [1.82, 2.24) is 15.2 Å². The molecule has 0 amide bonds. The van der Waals surface area contributed by atoms with E-state index in [1.165, 1.54) is 0 Å². The molecule has 0 spiro atoms. The number of aromatic nitrogens is 3. The van der Waals surface area contributed by atoms with Gasteiger partial charge in [0.25, 0.3) is 5.56 Å². The summed E-state index contributed by atoms with van der Waals surface area (Å²) in [5.74, 6) is 0.188. The highest BCUT2D eigenvalue weighted by molar-refractivity contribution is 5.85. The molecule has 0 radical (unpaired) electrons. The van der Waals surface area contributed by atoms with Crippen LogP contribution in [0.2, 0.25) is 0 Å². The van der Waals surface area contributed by atoms with Gasteiger partial charge in [0.1, 0.15) is 0 Å². The van der Waals surface area contributed by atoms with Crippen LogP contribution in [-0.2, 0) is 0 Å². The molecule has 0 saturated carbocycles. The Hall–Kier alpha value is -3.54. The molecule has 3 rings (SSSR count). The fourth-order valence-corrected chi connectivity index (χ4v) is 2.22. The number of aromatic amines is 1. The summed E-state index contributed by atoms with van der Waals surface area (Å²) in [6.45, 7) is 1.94. The normalized spacial score (nSPS) is 11.6. The average molecular weight is 331 g/mol. The molecule has 1 aromatic heterocycles. The molecule has 0 unspecified atom stereocenters. The SMILES string of the molecule is CC(C=NNc1nnc(-c2ccccc2)c(=O)[nH]1)=Cc1ccccc1. The van der Waals surface area contributed by atoms with Crippen LogP contribution >= 0.6 is 0 Å². The Labute approximate surface area is 145 Å². The zero-order chi connectivity index (χ0) is 17.5. The van der Waals surface area contributed by atoms with Crippen LogP contribution in [0.25, 0.3) is 17.3 Å². The zero-order valence-corrected chi connectivity index (χ0v) is 13.7. The van der Waals surface area contributed by atoms with E-state index in [-0.39, 0.29) is 17.2 Å². The number of hydrazone groups is 1. The number of hydrogen-bond acceptors (Lipinski definition) is 5. The molecule has 0 aliphatic heterocycles. The molecule has 25 heavy (non-hydrogen) atoms. The minimum absolute atomic E-state index is 0.188. The lowest BCUT2D eigenvalue weighted by molar-refractivity contribution is 0.947. The number of H-pyrrole nitrogens is 1. The van der Waals surface area contributed by atoms with Gasteiger partial charge in [0.05, 0.1) is 6.21 Å². The number of nitrogens with one attached hydrogen (secondary N) is 2. The smallest absolute Gasteiger partial charge is 0.279 e. The van der Waals surface area contributed by atoms with Gasteiger partial charge in [-0.15, -0.1) is 10.2 Å². The molecule has 0 saturated heterocycles. The van der Waals surface area contributed by atoms with E-state index in [0.717, 1.165) is 11.1 Å². The molecule has 1 heterocycles. The van der Waals surface area contributed by atoms with Gasteiger partial charge in [-0.25, -0.2) is 5.43 Å². The van der Waals surface area contributed by atoms with Crippen molar-refractivity contribution >= 4 is 18.2 Å². The Morgan fingerprint density at radius 2 is 1.72 bits per heavy atom. The number of allylic oxidation sites excluding steroid dienone is 1. The van der Waals surface area contributed by atoms with Crippen LogP contribution in [0.15, 0.2) is 76.1 Å². The number of hydrogen-bond donors (Lipinski definition) is 2. The average Bonchev–Trinajstić information content (AvgIpc) is 2.63. The van der Waals surface area contributed by atoms with Gasteiger partial charge in [0.2, 0.25) is 5.95 Å². The summed E-state index contributed by atoms with van der Waals surface area (Å²) >= 11 is 0. The lowest BCUT2D eigenvalue weighted by atomic mass is 10.1. The van der Waals surface area contributed by atoms with E-state index in [4.69, 9.17) is 0 Å². The van der Waals surface area contributed by atoms with Gasteiger partial charge in [-0.3, -0.25) is 9.78 Å². The molecule has 2 aromatic carbocycles. The maximum atomic E-state index is 12.1. The number of anilines is 1. The largest absolute Gasteiger partial charge is 0.288 e. The minimum Gasteiger partial charge on any atom is -0.288 e. The Balaban J connectivity index is 1.69. The lowest BCUT2D eigenvalue weighted by Crippen LogP contribution is -2.15. The minimum atomic E-state index is -0.324. The van der Waals surface area contributed by atoms with Gasteiger partial charge in [-0.2, -0.15) is 5.10 Å². The molecule has 6 nitrogen and oxygen atoms in total. The van der Waals surface area contributed by atoms with Crippen LogP contribution < -0.4 is 11.0 Å². The predicted molar refractivity (Wildman–Crippen MR) is 100 cm³/mol. The van der Waals surface area contributed by atoms with E-state index in [2.05, 4.69) is 25.7 Å². The fourth-order valence-electron chi connectivity index (χ4n) is 2.22. The molecule has 0 aliphatic carbocycles. The number of nitrogens with zero attached hydrogens (tertiary/aromatic N) is 3. The summed E-state index contributed by atoms with van der Waals surface area (Å²) in [6.07, 6.45) is 3.65.